The van der Waals surface area contributed by atoms with Gasteiger partial charge in [0.25, 0.3) is 0 Å². The topological polar surface area (TPSA) is 38.5 Å². The lowest BCUT2D eigenvalue weighted by Gasteiger charge is -2.21. The van der Waals surface area contributed by atoms with Crippen LogP contribution in [-0.2, 0) is 6.54 Å². The number of hydrogen-bond donors (Lipinski definition) is 1. The van der Waals surface area contributed by atoms with Gasteiger partial charge in [0.1, 0.15) is 11.6 Å². The molecule has 0 fully saturated rings. The van der Waals surface area contributed by atoms with Crippen LogP contribution in [0, 0.1) is 5.82 Å². The number of ether oxygens (including phenoxy) is 1. The zero-order chi connectivity index (χ0) is 13.8. The third-order valence-corrected chi connectivity index (χ3v) is 2.98. The molecule has 4 heteroatoms. The molecule has 0 unspecified atom stereocenters. The van der Waals surface area contributed by atoms with Gasteiger partial charge >= 0.3 is 0 Å². The lowest BCUT2D eigenvalue weighted by atomic mass is 10.2. The van der Waals surface area contributed by atoms with Gasteiger partial charge in [0.15, 0.2) is 0 Å². The standard InChI is InChI=1S/C15H17FN2O/c1-18(15-8-5-12(16)9-14(15)17)10-11-3-6-13(19-2)7-4-11/h3-9H,10,17H2,1-2H3. The summed E-state index contributed by atoms with van der Waals surface area (Å²) < 4.78 is 18.1. The second-order valence-electron chi connectivity index (χ2n) is 4.41. The first-order chi connectivity index (χ1) is 9.10. The summed E-state index contributed by atoms with van der Waals surface area (Å²) in [6.45, 7) is 0.694. The Labute approximate surface area is 112 Å². The molecule has 0 aromatic heterocycles. The Balaban J connectivity index is 2.13. The predicted molar refractivity (Wildman–Crippen MR) is 75.9 cm³/mol. The summed E-state index contributed by atoms with van der Waals surface area (Å²) in [6, 6.07) is 12.3. The lowest BCUT2D eigenvalue weighted by molar-refractivity contribution is 0.414. The largest absolute Gasteiger partial charge is 0.497 e. The van der Waals surface area contributed by atoms with Gasteiger partial charge in [-0.05, 0) is 35.9 Å². The van der Waals surface area contributed by atoms with Crippen LogP contribution in [0.3, 0.4) is 0 Å². The van der Waals surface area contributed by atoms with E-state index >= 15 is 0 Å². The third kappa shape index (κ3) is 3.16. The van der Waals surface area contributed by atoms with Crippen LogP contribution in [0.15, 0.2) is 42.5 Å². The van der Waals surface area contributed by atoms with E-state index < -0.39 is 0 Å². The van der Waals surface area contributed by atoms with Crippen molar-refractivity contribution in [3.05, 3.63) is 53.8 Å². The summed E-state index contributed by atoms with van der Waals surface area (Å²) in [7, 11) is 3.56. The number of benzene rings is 2. The molecule has 0 amide bonds. The first-order valence-electron chi connectivity index (χ1n) is 5.99. The Morgan fingerprint density at radius 1 is 1.16 bits per heavy atom. The van der Waals surface area contributed by atoms with Crippen molar-refractivity contribution in [2.75, 3.05) is 24.8 Å². The molecule has 3 nitrogen and oxygen atoms in total. The minimum atomic E-state index is -0.320. The van der Waals surface area contributed by atoms with Gasteiger partial charge in [0.2, 0.25) is 0 Å². The molecule has 2 rings (SSSR count). The molecule has 0 aliphatic heterocycles. The fraction of sp³-hybridized carbons (Fsp3) is 0.200. The minimum Gasteiger partial charge on any atom is -0.497 e. The molecule has 0 aliphatic rings. The first-order valence-corrected chi connectivity index (χ1v) is 5.99. The first kappa shape index (κ1) is 13.2. The second-order valence-corrected chi connectivity index (χ2v) is 4.41. The molecule has 2 aromatic rings. The van der Waals surface area contributed by atoms with Crippen molar-refractivity contribution in [2.24, 2.45) is 0 Å². The highest BCUT2D eigenvalue weighted by molar-refractivity contribution is 5.67. The predicted octanol–water partition coefficient (Wildman–Crippen LogP) is 3.05. The number of nitrogen functional groups attached to an aromatic ring is 1. The minimum absolute atomic E-state index is 0.320. The average Bonchev–Trinajstić information content (AvgIpc) is 2.39. The Kier molecular flexibility index (Phi) is 3.90. The third-order valence-electron chi connectivity index (χ3n) is 2.98. The van der Waals surface area contributed by atoms with Crippen LogP contribution in [0.25, 0.3) is 0 Å². The normalized spacial score (nSPS) is 10.3. The molecule has 100 valence electrons. The Bertz CT molecular complexity index is 555. The number of methoxy groups -OCH3 is 1. The highest BCUT2D eigenvalue weighted by Crippen LogP contribution is 2.24. The number of rotatable bonds is 4. The highest BCUT2D eigenvalue weighted by Gasteiger charge is 2.07. The van der Waals surface area contributed by atoms with Crippen molar-refractivity contribution in [1.29, 1.82) is 0 Å². The summed E-state index contributed by atoms with van der Waals surface area (Å²) in [5.41, 5.74) is 8.21. The number of halogens is 1. The maximum atomic E-state index is 13.0. The Hall–Kier alpha value is -2.23. The van der Waals surface area contributed by atoms with Crippen LogP contribution in [0.2, 0.25) is 0 Å². The van der Waals surface area contributed by atoms with Gasteiger partial charge in [-0.15, -0.1) is 0 Å². The quantitative estimate of drug-likeness (QED) is 0.859. The SMILES string of the molecule is COc1ccc(CN(C)c2ccc(F)cc2N)cc1. The van der Waals surface area contributed by atoms with E-state index in [2.05, 4.69) is 0 Å². The van der Waals surface area contributed by atoms with Gasteiger partial charge in [-0.3, -0.25) is 0 Å². The molecular weight excluding hydrogens is 243 g/mol. The molecule has 0 radical (unpaired) electrons. The van der Waals surface area contributed by atoms with Gasteiger partial charge in [-0.25, -0.2) is 4.39 Å². The van der Waals surface area contributed by atoms with Crippen LogP contribution < -0.4 is 15.4 Å². The molecular formula is C15H17FN2O. The van der Waals surface area contributed by atoms with E-state index in [0.717, 1.165) is 17.0 Å². The van der Waals surface area contributed by atoms with Crippen molar-refractivity contribution >= 4 is 11.4 Å². The molecule has 0 atom stereocenters. The van der Waals surface area contributed by atoms with Crippen LogP contribution in [-0.4, -0.2) is 14.2 Å². The zero-order valence-corrected chi connectivity index (χ0v) is 11.1. The molecule has 0 saturated carbocycles. The van der Waals surface area contributed by atoms with Gasteiger partial charge in [-0.2, -0.15) is 0 Å². The fourth-order valence-electron chi connectivity index (χ4n) is 1.96. The van der Waals surface area contributed by atoms with E-state index in [1.807, 2.05) is 36.2 Å². The van der Waals surface area contributed by atoms with Crippen LogP contribution in [0.5, 0.6) is 5.75 Å². The molecule has 2 aromatic carbocycles. The molecule has 0 aliphatic carbocycles. The molecule has 0 spiro atoms. The molecule has 2 N–H and O–H groups in total. The summed E-state index contributed by atoms with van der Waals surface area (Å²) >= 11 is 0. The van der Waals surface area contributed by atoms with Crippen LogP contribution >= 0.6 is 0 Å². The van der Waals surface area contributed by atoms with E-state index in [1.54, 1.807) is 13.2 Å². The van der Waals surface area contributed by atoms with Gasteiger partial charge in [0, 0.05) is 13.6 Å². The van der Waals surface area contributed by atoms with Crippen molar-refractivity contribution in [1.82, 2.24) is 0 Å². The van der Waals surface area contributed by atoms with E-state index in [1.165, 1.54) is 12.1 Å². The van der Waals surface area contributed by atoms with Crippen molar-refractivity contribution in [3.8, 4) is 5.75 Å². The number of hydrogen-bond acceptors (Lipinski definition) is 3. The molecule has 19 heavy (non-hydrogen) atoms. The maximum absolute atomic E-state index is 13.0. The number of nitrogens with zero attached hydrogens (tertiary/aromatic N) is 1. The molecule has 0 heterocycles. The fourth-order valence-corrected chi connectivity index (χ4v) is 1.96. The van der Waals surface area contributed by atoms with E-state index in [0.29, 0.717) is 12.2 Å². The highest BCUT2D eigenvalue weighted by atomic mass is 19.1. The second kappa shape index (κ2) is 5.61. The monoisotopic (exact) mass is 260 g/mol. The van der Waals surface area contributed by atoms with Gasteiger partial charge in [0.05, 0.1) is 18.5 Å². The number of anilines is 2. The summed E-state index contributed by atoms with van der Waals surface area (Å²) in [5.74, 6) is 0.506. The lowest BCUT2D eigenvalue weighted by Crippen LogP contribution is -2.17. The number of nitrogens with two attached hydrogens (primary N) is 1. The summed E-state index contributed by atoms with van der Waals surface area (Å²) in [6.07, 6.45) is 0. The summed E-state index contributed by atoms with van der Waals surface area (Å²) in [5, 5.41) is 0. The van der Waals surface area contributed by atoms with Crippen LogP contribution in [0.4, 0.5) is 15.8 Å². The van der Waals surface area contributed by atoms with Gasteiger partial charge < -0.3 is 15.4 Å². The maximum Gasteiger partial charge on any atom is 0.125 e. The van der Waals surface area contributed by atoms with Crippen LogP contribution in [0.1, 0.15) is 5.56 Å². The van der Waals surface area contributed by atoms with E-state index in [9.17, 15) is 4.39 Å². The van der Waals surface area contributed by atoms with Crippen molar-refractivity contribution in [3.63, 3.8) is 0 Å². The summed E-state index contributed by atoms with van der Waals surface area (Å²) in [4.78, 5) is 1.98. The molecule has 0 saturated heterocycles. The van der Waals surface area contributed by atoms with E-state index in [4.69, 9.17) is 10.5 Å². The Morgan fingerprint density at radius 2 is 1.84 bits per heavy atom. The van der Waals surface area contributed by atoms with E-state index in [-0.39, 0.29) is 5.82 Å². The van der Waals surface area contributed by atoms with Gasteiger partial charge in [-0.1, -0.05) is 12.1 Å². The average molecular weight is 260 g/mol. The van der Waals surface area contributed by atoms with Crippen molar-refractivity contribution < 1.29 is 9.13 Å². The zero-order valence-electron chi connectivity index (χ0n) is 11.1. The Morgan fingerprint density at radius 3 is 2.42 bits per heavy atom. The van der Waals surface area contributed by atoms with Crippen molar-refractivity contribution in [2.45, 2.75) is 6.54 Å². The molecule has 0 bridgehead atoms. The smallest absolute Gasteiger partial charge is 0.125 e.